The van der Waals surface area contributed by atoms with Crippen molar-refractivity contribution >= 4 is 41.5 Å². The van der Waals surface area contributed by atoms with Crippen LogP contribution in [0.3, 0.4) is 0 Å². The first-order valence-corrected chi connectivity index (χ1v) is 3.18. The summed E-state index contributed by atoms with van der Waals surface area (Å²) in [5.74, 6) is -2.13. The van der Waals surface area contributed by atoms with Gasteiger partial charge in [0.1, 0.15) is 0 Å². The van der Waals surface area contributed by atoms with Crippen LogP contribution in [0, 0.1) is 0 Å². The fourth-order valence-corrected chi connectivity index (χ4v) is 0.755. The van der Waals surface area contributed by atoms with Gasteiger partial charge in [0.15, 0.2) is 0 Å². The molecule has 1 radical (unpaired) electrons. The van der Waals surface area contributed by atoms with Crippen LogP contribution in [0.1, 0.15) is 20.7 Å². The minimum atomic E-state index is -1.06. The molecule has 0 aromatic heterocycles. The Morgan fingerprint density at radius 2 is 1.08 bits per heavy atom. The number of rotatable bonds is 2. The van der Waals surface area contributed by atoms with Crippen LogP contribution in [-0.2, 0) is 0 Å². The van der Waals surface area contributed by atoms with Crippen molar-refractivity contribution in [1.82, 2.24) is 0 Å². The standard InChI is InChI=1S/C8H6O4.Na/c9-7(10)5-1-2-6(4-3-5)8(11)12;/h1-4H,(H,9,10)(H,11,12);. The quantitative estimate of drug-likeness (QED) is 0.671. The zero-order valence-electron chi connectivity index (χ0n) is 7.02. The van der Waals surface area contributed by atoms with Crippen LogP contribution in [0.4, 0.5) is 0 Å². The Balaban J connectivity index is 0.00000144. The van der Waals surface area contributed by atoms with E-state index in [0.29, 0.717) is 0 Å². The van der Waals surface area contributed by atoms with E-state index in [1.165, 1.54) is 24.3 Å². The molecule has 0 spiro atoms. The first-order valence-electron chi connectivity index (χ1n) is 3.18. The van der Waals surface area contributed by atoms with E-state index in [1.54, 1.807) is 0 Å². The monoisotopic (exact) mass is 189 g/mol. The minimum absolute atomic E-state index is 0. The zero-order chi connectivity index (χ0) is 9.14. The van der Waals surface area contributed by atoms with Crippen molar-refractivity contribution in [3.63, 3.8) is 0 Å². The molecule has 0 amide bonds. The molecule has 5 heteroatoms. The Kier molecular flexibility index (Phi) is 4.69. The molecule has 0 aliphatic rings. The molecule has 0 saturated carbocycles. The summed E-state index contributed by atoms with van der Waals surface area (Å²) in [6.45, 7) is 0. The van der Waals surface area contributed by atoms with Gasteiger partial charge in [-0.3, -0.25) is 0 Å². The molecule has 0 aliphatic carbocycles. The number of hydrogen-bond acceptors (Lipinski definition) is 2. The Labute approximate surface area is 96.5 Å². The van der Waals surface area contributed by atoms with Gasteiger partial charge < -0.3 is 10.2 Å². The molecule has 0 atom stereocenters. The number of hydrogen-bond donors (Lipinski definition) is 2. The maximum Gasteiger partial charge on any atom is 0.335 e. The summed E-state index contributed by atoms with van der Waals surface area (Å²) in [6.07, 6.45) is 0. The predicted octanol–water partition coefficient (Wildman–Crippen LogP) is 0.702. The third-order valence-corrected chi connectivity index (χ3v) is 1.38. The summed E-state index contributed by atoms with van der Waals surface area (Å²) in [5, 5.41) is 16.9. The van der Waals surface area contributed by atoms with Crippen LogP contribution < -0.4 is 0 Å². The minimum Gasteiger partial charge on any atom is -0.478 e. The number of carboxylic acids is 2. The molecule has 0 fully saturated rings. The van der Waals surface area contributed by atoms with Gasteiger partial charge in [-0.05, 0) is 24.3 Å². The second kappa shape index (κ2) is 5.01. The summed E-state index contributed by atoms with van der Waals surface area (Å²) in [7, 11) is 0. The Morgan fingerprint density at radius 1 is 0.846 bits per heavy atom. The molecule has 1 rings (SSSR count). The molecule has 13 heavy (non-hydrogen) atoms. The molecule has 1 aromatic carbocycles. The maximum atomic E-state index is 10.3. The van der Waals surface area contributed by atoms with Gasteiger partial charge in [-0.2, -0.15) is 0 Å². The number of aromatic carboxylic acids is 2. The van der Waals surface area contributed by atoms with Crippen molar-refractivity contribution < 1.29 is 19.8 Å². The molecule has 1 aromatic rings. The largest absolute Gasteiger partial charge is 0.478 e. The van der Waals surface area contributed by atoms with E-state index in [-0.39, 0.29) is 40.7 Å². The average molecular weight is 189 g/mol. The first kappa shape index (κ1) is 12.2. The third-order valence-electron chi connectivity index (χ3n) is 1.38. The van der Waals surface area contributed by atoms with Crippen LogP contribution in [0.5, 0.6) is 0 Å². The van der Waals surface area contributed by atoms with Crippen LogP contribution in [0.2, 0.25) is 0 Å². The van der Waals surface area contributed by atoms with Crippen molar-refractivity contribution in [1.29, 1.82) is 0 Å². The van der Waals surface area contributed by atoms with E-state index in [4.69, 9.17) is 10.2 Å². The van der Waals surface area contributed by atoms with Crippen molar-refractivity contribution in [3.8, 4) is 0 Å². The Hall–Kier alpha value is -0.840. The van der Waals surface area contributed by atoms with Gasteiger partial charge in [-0.25, -0.2) is 9.59 Å². The smallest absolute Gasteiger partial charge is 0.335 e. The van der Waals surface area contributed by atoms with Crippen molar-refractivity contribution in [3.05, 3.63) is 35.4 Å². The molecule has 0 unspecified atom stereocenters. The Morgan fingerprint density at radius 3 is 1.23 bits per heavy atom. The van der Waals surface area contributed by atoms with E-state index in [9.17, 15) is 9.59 Å². The second-order valence-electron chi connectivity index (χ2n) is 2.19. The molecule has 0 aliphatic heterocycles. The normalized spacial score (nSPS) is 8.62. The molecular weight excluding hydrogens is 183 g/mol. The summed E-state index contributed by atoms with van der Waals surface area (Å²) in [4.78, 5) is 20.7. The summed E-state index contributed by atoms with van der Waals surface area (Å²) in [6, 6.07) is 5.02. The number of benzene rings is 1. The van der Waals surface area contributed by atoms with Gasteiger partial charge in [-0.15, -0.1) is 0 Å². The van der Waals surface area contributed by atoms with Crippen molar-refractivity contribution in [2.75, 3.05) is 0 Å². The van der Waals surface area contributed by atoms with E-state index in [2.05, 4.69) is 0 Å². The number of carboxylic acid groups (broad SMARTS) is 2. The van der Waals surface area contributed by atoms with Crippen molar-refractivity contribution in [2.45, 2.75) is 0 Å². The molecule has 0 saturated heterocycles. The zero-order valence-corrected chi connectivity index (χ0v) is 9.02. The molecule has 0 heterocycles. The fourth-order valence-electron chi connectivity index (χ4n) is 0.755. The van der Waals surface area contributed by atoms with Gasteiger partial charge in [0.25, 0.3) is 0 Å². The van der Waals surface area contributed by atoms with Crippen LogP contribution in [-0.4, -0.2) is 51.7 Å². The van der Waals surface area contributed by atoms with Crippen LogP contribution >= 0.6 is 0 Å². The predicted molar refractivity (Wildman–Crippen MR) is 46.1 cm³/mol. The van der Waals surface area contributed by atoms with Gasteiger partial charge in [0.05, 0.1) is 11.1 Å². The van der Waals surface area contributed by atoms with Crippen molar-refractivity contribution in [2.24, 2.45) is 0 Å². The summed E-state index contributed by atoms with van der Waals surface area (Å²) < 4.78 is 0. The molecule has 63 valence electrons. The second-order valence-corrected chi connectivity index (χ2v) is 2.19. The summed E-state index contributed by atoms with van der Waals surface area (Å²) >= 11 is 0. The number of carbonyl (C=O) groups is 2. The van der Waals surface area contributed by atoms with E-state index < -0.39 is 11.9 Å². The molecular formula is C8H6NaO4. The van der Waals surface area contributed by atoms with Gasteiger partial charge in [0.2, 0.25) is 0 Å². The third kappa shape index (κ3) is 3.18. The molecule has 2 N–H and O–H groups in total. The van der Waals surface area contributed by atoms with Gasteiger partial charge in [-0.1, -0.05) is 0 Å². The maximum absolute atomic E-state index is 10.3. The van der Waals surface area contributed by atoms with Gasteiger partial charge >= 0.3 is 11.9 Å². The van der Waals surface area contributed by atoms with E-state index >= 15 is 0 Å². The van der Waals surface area contributed by atoms with Crippen LogP contribution in [0.25, 0.3) is 0 Å². The Bertz CT molecular complexity index is 284. The van der Waals surface area contributed by atoms with Crippen LogP contribution in [0.15, 0.2) is 24.3 Å². The van der Waals surface area contributed by atoms with E-state index in [1.807, 2.05) is 0 Å². The molecule has 4 nitrogen and oxygen atoms in total. The topological polar surface area (TPSA) is 74.6 Å². The first-order chi connectivity index (χ1) is 5.61. The average Bonchev–Trinajstić information content (AvgIpc) is 2.04. The van der Waals surface area contributed by atoms with Gasteiger partial charge in [0, 0.05) is 29.6 Å². The fraction of sp³-hybridized carbons (Fsp3) is 0. The SMILES string of the molecule is O=C(O)c1ccc(C(=O)O)cc1.[Na]. The van der Waals surface area contributed by atoms with E-state index in [0.717, 1.165) is 0 Å². The summed E-state index contributed by atoms with van der Waals surface area (Å²) in [5.41, 5.74) is 0.167. The molecule has 0 bridgehead atoms.